The van der Waals surface area contributed by atoms with E-state index in [1.54, 1.807) is 0 Å². The minimum Gasteiger partial charge on any atom is -0.476 e. The van der Waals surface area contributed by atoms with Gasteiger partial charge in [-0.05, 0) is 6.42 Å². The summed E-state index contributed by atoms with van der Waals surface area (Å²) in [7, 11) is 0. The van der Waals surface area contributed by atoms with Crippen molar-refractivity contribution in [2.75, 3.05) is 5.75 Å². The summed E-state index contributed by atoms with van der Waals surface area (Å²) in [6.45, 7) is 2.09. The lowest BCUT2D eigenvalue weighted by Crippen LogP contribution is -2.03. The molecule has 0 saturated carbocycles. The minimum atomic E-state index is -1.13. The normalized spacial score (nSPS) is 10.3. The average Bonchev–Trinajstić information content (AvgIpc) is 2.20. The number of aromatic nitrogens is 2. The number of nitrogens with zero attached hydrogens (tertiary/aromatic N) is 2. The molecule has 0 bridgehead atoms. The highest BCUT2D eigenvalue weighted by atomic mass is 35.5. The first-order chi connectivity index (χ1) is 7.15. The van der Waals surface area contributed by atoms with E-state index in [-0.39, 0.29) is 10.7 Å². The van der Waals surface area contributed by atoms with Gasteiger partial charge in [0.1, 0.15) is 0 Å². The van der Waals surface area contributed by atoms with Crippen LogP contribution in [0.1, 0.15) is 30.3 Å². The molecule has 0 fully saturated rings. The topological polar surface area (TPSA) is 63.1 Å². The zero-order valence-electron chi connectivity index (χ0n) is 8.23. The van der Waals surface area contributed by atoms with Crippen molar-refractivity contribution in [2.45, 2.75) is 24.9 Å². The monoisotopic (exact) mass is 246 g/mol. The van der Waals surface area contributed by atoms with Gasteiger partial charge < -0.3 is 5.11 Å². The molecule has 1 heterocycles. The van der Waals surface area contributed by atoms with Crippen LogP contribution < -0.4 is 0 Å². The molecule has 4 nitrogen and oxygen atoms in total. The van der Waals surface area contributed by atoms with Crippen molar-refractivity contribution in [3.8, 4) is 0 Å². The number of thioether (sulfide) groups is 1. The predicted molar refractivity (Wildman–Crippen MR) is 59.6 cm³/mol. The van der Waals surface area contributed by atoms with Crippen molar-refractivity contribution in [1.29, 1.82) is 0 Å². The van der Waals surface area contributed by atoms with Crippen LogP contribution in [0.3, 0.4) is 0 Å². The Morgan fingerprint density at radius 3 is 3.00 bits per heavy atom. The fourth-order valence-electron chi connectivity index (χ4n) is 0.878. The average molecular weight is 247 g/mol. The number of carbonyl (C=O) groups is 1. The third-order valence-electron chi connectivity index (χ3n) is 1.65. The molecule has 0 saturated heterocycles. The van der Waals surface area contributed by atoms with E-state index < -0.39 is 5.97 Å². The molecule has 0 spiro atoms. The fourth-order valence-corrected chi connectivity index (χ4v) is 1.95. The van der Waals surface area contributed by atoms with Gasteiger partial charge in [0.2, 0.25) is 0 Å². The van der Waals surface area contributed by atoms with Gasteiger partial charge in [0.15, 0.2) is 10.9 Å². The highest BCUT2D eigenvalue weighted by Gasteiger charge is 2.12. The first kappa shape index (κ1) is 12.3. The maximum Gasteiger partial charge on any atom is 0.356 e. The van der Waals surface area contributed by atoms with E-state index >= 15 is 0 Å². The number of aromatic carboxylic acids is 1. The maximum absolute atomic E-state index is 10.7. The van der Waals surface area contributed by atoms with E-state index in [1.165, 1.54) is 18.0 Å². The summed E-state index contributed by atoms with van der Waals surface area (Å²) in [6.07, 6.45) is 3.47. The predicted octanol–water partition coefficient (Wildman–Crippen LogP) is 2.72. The molecule has 1 aromatic heterocycles. The van der Waals surface area contributed by atoms with Crippen LogP contribution in [0.2, 0.25) is 5.02 Å². The second-order valence-electron chi connectivity index (χ2n) is 2.86. The Hall–Kier alpha value is -0.810. The van der Waals surface area contributed by atoms with Crippen molar-refractivity contribution < 1.29 is 9.90 Å². The van der Waals surface area contributed by atoms with Crippen LogP contribution in [-0.2, 0) is 0 Å². The second kappa shape index (κ2) is 5.92. The first-order valence-corrected chi connectivity index (χ1v) is 5.90. The number of hydrogen-bond donors (Lipinski definition) is 1. The Bertz CT molecular complexity index is 360. The highest BCUT2D eigenvalue weighted by molar-refractivity contribution is 7.99. The van der Waals surface area contributed by atoms with Gasteiger partial charge in [0.25, 0.3) is 0 Å². The lowest BCUT2D eigenvalue weighted by Gasteiger charge is -2.01. The molecule has 6 heteroatoms. The lowest BCUT2D eigenvalue weighted by molar-refractivity contribution is 0.0689. The van der Waals surface area contributed by atoms with E-state index in [9.17, 15) is 4.79 Å². The Morgan fingerprint density at radius 2 is 2.40 bits per heavy atom. The van der Waals surface area contributed by atoms with E-state index in [0.29, 0.717) is 5.16 Å². The Balaban J connectivity index is 2.74. The van der Waals surface area contributed by atoms with Crippen LogP contribution in [0.15, 0.2) is 11.4 Å². The Labute approximate surface area is 97.1 Å². The summed E-state index contributed by atoms with van der Waals surface area (Å²) in [6, 6.07) is 0. The smallest absolute Gasteiger partial charge is 0.356 e. The van der Waals surface area contributed by atoms with Gasteiger partial charge in [-0.1, -0.05) is 36.7 Å². The molecule has 82 valence electrons. The number of halogens is 1. The molecular weight excluding hydrogens is 236 g/mol. The van der Waals surface area contributed by atoms with Crippen LogP contribution in [0, 0.1) is 0 Å². The van der Waals surface area contributed by atoms with Crippen LogP contribution in [0.4, 0.5) is 0 Å². The summed E-state index contributed by atoms with van der Waals surface area (Å²) < 4.78 is 0. The second-order valence-corrected chi connectivity index (χ2v) is 4.33. The highest BCUT2D eigenvalue weighted by Crippen LogP contribution is 2.19. The molecule has 0 radical (unpaired) electrons. The minimum absolute atomic E-state index is 0.0716. The van der Waals surface area contributed by atoms with Gasteiger partial charge in [-0.15, -0.1) is 0 Å². The van der Waals surface area contributed by atoms with Crippen molar-refractivity contribution in [3.05, 3.63) is 16.9 Å². The summed E-state index contributed by atoms with van der Waals surface area (Å²) in [4.78, 5) is 18.5. The first-order valence-electron chi connectivity index (χ1n) is 4.53. The molecule has 0 amide bonds. The van der Waals surface area contributed by atoms with E-state index in [2.05, 4.69) is 16.9 Å². The number of carboxylic acids is 1. The summed E-state index contributed by atoms with van der Waals surface area (Å²) in [5.41, 5.74) is -0.134. The third kappa shape index (κ3) is 3.68. The molecule has 15 heavy (non-hydrogen) atoms. The van der Waals surface area contributed by atoms with Gasteiger partial charge in [-0.2, -0.15) is 0 Å². The summed E-state index contributed by atoms with van der Waals surface area (Å²) in [5.74, 6) is -0.239. The summed E-state index contributed by atoms with van der Waals surface area (Å²) in [5, 5.41) is 9.31. The van der Waals surface area contributed by atoms with Crippen LogP contribution >= 0.6 is 23.4 Å². The van der Waals surface area contributed by atoms with Crippen molar-refractivity contribution in [2.24, 2.45) is 0 Å². The van der Waals surface area contributed by atoms with Gasteiger partial charge >= 0.3 is 5.97 Å². The molecule has 1 N–H and O–H groups in total. The molecule has 0 atom stereocenters. The number of unbranched alkanes of at least 4 members (excludes halogenated alkanes) is 1. The van der Waals surface area contributed by atoms with E-state index in [0.717, 1.165) is 18.6 Å². The van der Waals surface area contributed by atoms with Crippen molar-refractivity contribution in [3.63, 3.8) is 0 Å². The quantitative estimate of drug-likeness (QED) is 0.492. The zero-order valence-corrected chi connectivity index (χ0v) is 9.81. The molecule has 0 aromatic carbocycles. The molecule has 1 aromatic rings. The van der Waals surface area contributed by atoms with Crippen LogP contribution in [0.25, 0.3) is 0 Å². The molecule has 0 unspecified atom stereocenters. The summed E-state index contributed by atoms with van der Waals surface area (Å²) >= 11 is 7.08. The van der Waals surface area contributed by atoms with Crippen LogP contribution in [0.5, 0.6) is 0 Å². The van der Waals surface area contributed by atoms with Crippen molar-refractivity contribution >= 4 is 29.3 Å². The lowest BCUT2D eigenvalue weighted by atomic mass is 10.4. The van der Waals surface area contributed by atoms with Gasteiger partial charge in [0, 0.05) is 5.75 Å². The largest absolute Gasteiger partial charge is 0.476 e. The maximum atomic E-state index is 10.7. The van der Waals surface area contributed by atoms with E-state index in [1.807, 2.05) is 0 Å². The molecule has 0 aliphatic heterocycles. The van der Waals surface area contributed by atoms with Gasteiger partial charge in [0.05, 0.1) is 11.2 Å². The van der Waals surface area contributed by atoms with E-state index in [4.69, 9.17) is 16.7 Å². The Kier molecular flexibility index (Phi) is 4.84. The number of rotatable bonds is 5. The van der Waals surface area contributed by atoms with Gasteiger partial charge in [-0.3, -0.25) is 0 Å². The number of carboxylic acid groups (broad SMARTS) is 1. The third-order valence-corrected chi connectivity index (χ3v) is 2.88. The van der Waals surface area contributed by atoms with Crippen molar-refractivity contribution in [1.82, 2.24) is 9.97 Å². The fraction of sp³-hybridized carbons (Fsp3) is 0.444. The Morgan fingerprint density at radius 1 is 1.67 bits per heavy atom. The molecule has 1 rings (SSSR count). The number of hydrogen-bond acceptors (Lipinski definition) is 4. The molecule has 0 aliphatic rings. The zero-order chi connectivity index (χ0) is 11.3. The van der Waals surface area contributed by atoms with Gasteiger partial charge in [-0.25, -0.2) is 14.8 Å². The molecular formula is C9H11ClN2O2S. The SMILES string of the molecule is CCCCSc1ncc(Cl)c(C(=O)O)n1. The molecule has 0 aliphatic carbocycles. The van der Waals surface area contributed by atoms with Crippen LogP contribution in [-0.4, -0.2) is 26.8 Å². The standard InChI is InChI=1S/C9H11ClN2O2S/c1-2-3-4-15-9-11-5-6(10)7(12-9)8(13)14/h5H,2-4H2,1H3,(H,13,14).